The number of rotatable bonds is 7. The van der Waals surface area contributed by atoms with Gasteiger partial charge in [0.05, 0.1) is 20.9 Å². The van der Waals surface area contributed by atoms with Crippen molar-refractivity contribution in [2.45, 2.75) is 51.4 Å². The first-order valence-electron chi connectivity index (χ1n) is 12.3. The summed E-state index contributed by atoms with van der Waals surface area (Å²) in [5.74, 6) is -3.25. The highest BCUT2D eigenvalue weighted by Gasteiger charge is 2.43. The van der Waals surface area contributed by atoms with E-state index in [1.807, 2.05) is 19.6 Å². The number of ether oxygens (including phenoxy) is 1. The second-order valence-electron chi connectivity index (χ2n) is 10.8. The van der Waals surface area contributed by atoms with Crippen LogP contribution in [0.15, 0.2) is 24.3 Å². The maximum Gasteiger partial charge on any atom is 0.303 e. The molecule has 1 atom stereocenters. The Labute approximate surface area is 215 Å². The Morgan fingerprint density at radius 3 is 2.38 bits per heavy atom. The van der Waals surface area contributed by atoms with Gasteiger partial charge in [-0.3, -0.25) is 14.4 Å². The van der Waals surface area contributed by atoms with Crippen LogP contribution in [0.3, 0.4) is 0 Å². The number of methoxy groups -OCH3 is 1. The van der Waals surface area contributed by atoms with Gasteiger partial charge in [-0.2, -0.15) is 0 Å². The second kappa shape index (κ2) is 10.2. The van der Waals surface area contributed by atoms with Crippen molar-refractivity contribution in [1.82, 2.24) is 9.88 Å². The summed E-state index contributed by atoms with van der Waals surface area (Å²) in [5, 5.41) is 11.7. The Balaban J connectivity index is 1.62. The zero-order valence-electron chi connectivity index (χ0n) is 21.3. The number of anilines is 1. The summed E-state index contributed by atoms with van der Waals surface area (Å²) in [6.45, 7) is 5.72. The summed E-state index contributed by atoms with van der Waals surface area (Å²) >= 11 is 0. The van der Waals surface area contributed by atoms with E-state index in [-0.39, 0.29) is 41.6 Å². The van der Waals surface area contributed by atoms with Gasteiger partial charge in [0.1, 0.15) is 17.7 Å². The summed E-state index contributed by atoms with van der Waals surface area (Å²) in [6, 6.07) is 4.43. The molecule has 2 aromatic rings. The van der Waals surface area contributed by atoms with Crippen LogP contribution in [0.5, 0.6) is 5.88 Å². The fraction of sp³-hybridized carbons (Fsp3) is 0.462. The van der Waals surface area contributed by atoms with Gasteiger partial charge in [-0.15, -0.1) is 0 Å². The summed E-state index contributed by atoms with van der Waals surface area (Å²) < 4.78 is 34.9. The molecule has 1 aliphatic carbocycles. The molecule has 0 spiro atoms. The Kier molecular flexibility index (Phi) is 7.36. The minimum atomic E-state index is -2.30. The van der Waals surface area contributed by atoms with E-state index in [1.54, 1.807) is 12.1 Å². The third-order valence-electron chi connectivity index (χ3n) is 7.03. The van der Waals surface area contributed by atoms with Crippen LogP contribution < -0.4 is 15.2 Å². The second-order valence-corrected chi connectivity index (χ2v) is 15.8. The number of aliphatic carboxylic acids is 1. The van der Waals surface area contributed by atoms with Gasteiger partial charge in [0, 0.05) is 47.8 Å². The lowest BCUT2D eigenvalue weighted by molar-refractivity contribution is -0.149. The molecule has 11 heteroatoms. The third-order valence-corrected chi connectivity index (χ3v) is 9.01. The molecule has 1 unspecified atom stereocenters. The normalized spacial score (nSPS) is 21.0. The first-order chi connectivity index (χ1) is 17.4. The van der Waals surface area contributed by atoms with E-state index >= 15 is 0 Å². The molecule has 2 amide bonds. The van der Waals surface area contributed by atoms with E-state index in [4.69, 9.17) is 9.84 Å². The van der Waals surface area contributed by atoms with Crippen molar-refractivity contribution in [3.63, 3.8) is 0 Å². The van der Waals surface area contributed by atoms with Crippen molar-refractivity contribution in [1.29, 1.82) is 0 Å². The minimum Gasteiger partial charge on any atom is -0.481 e. The number of hydrogen-bond acceptors (Lipinski definition) is 5. The van der Waals surface area contributed by atoms with E-state index in [0.717, 1.165) is 12.1 Å². The van der Waals surface area contributed by atoms with Crippen LogP contribution in [0.4, 0.5) is 14.5 Å². The van der Waals surface area contributed by atoms with Crippen LogP contribution in [0.1, 0.15) is 36.6 Å². The highest BCUT2D eigenvalue weighted by molar-refractivity contribution is 6.88. The Morgan fingerprint density at radius 2 is 1.81 bits per heavy atom. The molecule has 1 fully saturated rings. The molecule has 198 valence electrons. The van der Waals surface area contributed by atoms with Gasteiger partial charge >= 0.3 is 5.97 Å². The standard InChI is InChI=1S/C26H31F2N3O5Si/c1-36-21-6-5-17-20(30-21)7-8-31(26(35)15-9-14(10-15)11-22(32)33)23(17)25(34)29-16-12-18(27)24(19(28)13-16)37(2,3)4/h5-6,12-15,23H,7-11H2,1-4H3,(H,29,34)(H,32,33)/t14-,15-,23?. The maximum absolute atomic E-state index is 14.8. The van der Waals surface area contributed by atoms with Gasteiger partial charge in [-0.1, -0.05) is 19.6 Å². The minimum absolute atomic E-state index is 0.00475. The quantitative estimate of drug-likeness (QED) is 0.530. The van der Waals surface area contributed by atoms with E-state index in [9.17, 15) is 23.2 Å². The summed E-state index contributed by atoms with van der Waals surface area (Å²) in [7, 11) is -0.818. The molecular weight excluding hydrogens is 500 g/mol. The van der Waals surface area contributed by atoms with Crippen LogP contribution in [0.2, 0.25) is 19.6 Å². The fourth-order valence-electron chi connectivity index (χ4n) is 5.26. The molecule has 0 bridgehead atoms. The molecule has 37 heavy (non-hydrogen) atoms. The fourth-order valence-corrected chi connectivity index (χ4v) is 6.83. The first kappa shape index (κ1) is 26.7. The van der Waals surface area contributed by atoms with Crippen LogP contribution in [-0.2, 0) is 20.8 Å². The van der Waals surface area contributed by atoms with Gasteiger partial charge in [0.2, 0.25) is 11.8 Å². The molecule has 2 N–H and O–H groups in total. The third kappa shape index (κ3) is 5.51. The number of halogens is 2. The van der Waals surface area contributed by atoms with Gasteiger partial charge in [-0.05, 0) is 37.0 Å². The summed E-state index contributed by atoms with van der Waals surface area (Å²) in [6.07, 6.45) is 1.29. The average Bonchev–Trinajstić information content (AvgIpc) is 2.77. The largest absolute Gasteiger partial charge is 0.481 e. The SMILES string of the molecule is COc1ccc2c(n1)CCN(C(=O)[C@H]1C[C@H](CC(=O)O)C1)C2C(=O)Nc1cc(F)c([Si](C)(C)C)c(F)c1. The highest BCUT2D eigenvalue weighted by atomic mass is 28.3. The summed E-state index contributed by atoms with van der Waals surface area (Å²) in [4.78, 5) is 43.9. The molecule has 0 saturated heterocycles. The topological polar surface area (TPSA) is 109 Å². The predicted molar refractivity (Wildman–Crippen MR) is 135 cm³/mol. The predicted octanol–water partition coefficient (Wildman–Crippen LogP) is 3.48. The van der Waals surface area contributed by atoms with Gasteiger partial charge in [0.25, 0.3) is 5.91 Å². The number of pyridine rings is 1. The van der Waals surface area contributed by atoms with Crippen molar-refractivity contribution in [3.05, 3.63) is 47.2 Å². The number of nitrogens with zero attached hydrogens (tertiary/aromatic N) is 2. The van der Waals surface area contributed by atoms with Crippen molar-refractivity contribution < 1.29 is 33.0 Å². The number of carboxylic acid groups (broad SMARTS) is 1. The molecule has 0 radical (unpaired) electrons. The van der Waals surface area contributed by atoms with Crippen molar-refractivity contribution >= 4 is 36.7 Å². The lowest BCUT2D eigenvalue weighted by atomic mass is 9.72. The van der Waals surface area contributed by atoms with Crippen molar-refractivity contribution in [3.8, 4) is 5.88 Å². The maximum atomic E-state index is 14.8. The van der Waals surface area contributed by atoms with Crippen molar-refractivity contribution in [2.24, 2.45) is 11.8 Å². The van der Waals surface area contributed by atoms with Crippen LogP contribution in [0.25, 0.3) is 0 Å². The molecule has 1 aliphatic heterocycles. The number of carbonyl (C=O) groups is 3. The number of nitrogens with one attached hydrogen (secondary N) is 1. The lowest BCUT2D eigenvalue weighted by Crippen LogP contribution is -2.50. The Morgan fingerprint density at radius 1 is 1.16 bits per heavy atom. The molecule has 1 aromatic heterocycles. The van der Waals surface area contributed by atoms with Gasteiger partial charge in [-0.25, -0.2) is 13.8 Å². The monoisotopic (exact) mass is 531 g/mol. The molecule has 8 nitrogen and oxygen atoms in total. The number of carboxylic acids is 1. The average molecular weight is 532 g/mol. The molecular formula is C26H31F2N3O5Si. The lowest BCUT2D eigenvalue weighted by Gasteiger charge is -2.41. The van der Waals surface area contributed by atoms with Gasteiger partial charge in [0.15, 0.2) is 0 Å². The van der Waals surface area contributed by atoms with Gasteiger partial charge < -0.3 is 20.1 Å². The van der Waals surface area contributed by atoms with E-state index in [0.29, 0.717) is 36.4 Å². The summed E-state index contributed by atoms with van der Waals surface area (Å²) in [5.41, 5.74) is 1.08. The van der Waals surface area contributed by atoms with Crippen molar-refractivity contribution in [2.75, 3.05) is 19.0 Å². The molecule has 4 rings (SSSR count). The number of carbonyl (C=O) groups excluding carboxylic acids is 2. The highest BCUT2D eigenvalue weighted by Crippen LogP contribution is 2.40. The van der Waals surface area contributed by atoms with E-state index < -0.39 is 37.6 Å². The Hall–Kier alpha value is -3.34. The van der Waals surface area contributed by atoms with E-state index in [2.05, 4.69) is 10.3 Å². The van der Waals surface area contributed by atoms with Crippen LogP contribution in [0, 0.1) is 23.5 Å². The molecule has 2 heterocycles. The Bertz CT molecular complexity index is 1220. The molecule has 1 aromatic carbocycles. The number of fused-ring (bicyclic) bond motifs is 1. The first-order valence-corrected chi connectivity index (χ1v) is 15.8. The number of hydrogen-bond donors (Lipinski definition) is 2. The smallest absolute Gasteiger partial charge is 0.303 e. The molecule has 1 saturated carbocycles. The van der Waals surface area contributed by atoms with Crippen LogP contribution >= 0.6 is 0 Å². The van der Waals surface area contributed by atoms with E-state index in [1.165, 1.54) is 12.0 Å². The number of amides is 2. The van der Waals surface area contributed by atoms with Crippen LogP contribution in [-0.4, -0.2) is 54.5 Å². The zero-order valence-corrected chi connectivity index (χ0v) is 22.3. The zero-order chi connectivity index (χ0) is 27.1. The molecule has 2 aliphatic rings. The number of benzene rings is 1. The number of aromatic nitrogens is 1.